The van der Waals surface area contributed by atoms with Crippen molar-refractivity contribution in [1.82, 2.24) is 14.9 Å². The zero-order valence-electron chi connectivity index (χ0n) is 21.3. The van der Waals surface area contributed by atoms with Crippen LogP contribution in [0.5, 0.6) is 5.75 Å². The molecule has 1 fully saturated rings. The number of rotatable bonds is 7. The summed E-state index contributed by atoms with van der Waals surface area (Å²) in [5.41, 5.74) is 3.18. The zero-order valence-corrected chi connectivity index (χ0v) is 21.3. The smallest absolute Gasteiger partial charge is 0.433 e. The van der Waals surface area contributed by atoms with E-state index in [1.165, 1.54) is 32.2 Å². The van der Waals surface area contributed by atoms with Crippen LogP contribution in [0.15, 0.2) is 28.7 Å². The molecule has 0 aliphatic carbocycles. The van der Waals surface area contributed by atoms with Crippen molar-refractivity contribution < 1.29 is 46.9 Å². The number of aromatic nitrogens is 2. The first-order valence-corrected chi connectivity index (χ1v) is 11.9. The molecule has 0 radical (unpaired) electrons. The van der Waals surface area contributed by atoms with Crippen molar-refractivity contribution in [3.63, 3.8) is 0 Å². The van der Waals surface area contributed by atoms with Gasteiger partial charge in [0.05, 0.1) is 38.5 Å². The number of carbonyl (C=O) groups is 2. The number of aliphatic hydroxyl groups is 2. The molecule has 3 aromatic rings. The molecule has 1 amide bonds. The molecule has 11 nitrogen and oxygen atoms in total. The summed E-state index contributed by atoms with van der Waals surface area (Å²) in [5, 5.41) is 20.5. The lowest BCUT2D eigenvalue weighted by atomic mass is 10.0. The molecule has 1 aromatic carbocycles. The Bertz CT molecular complexity index is 1410. The number of esters is 1. The Morgan fingerprint density at radius 3 is 2.62 bits per heavy atom. The molecule has 0 saturated carbocycles. The first kappa shape index (κ1) is 28.3. The molecule has 2 unspecified atom stereocenters. The number of alkyl halides is 3. The molecule has 3 heterocycles. The molecule has 2 aromatic heterocycles. The zero-order chi connectivity index (χ0) is 28.7. The van der Waals surface area contributed by atoms with E-state index in [-0.39, 0.29) is 59.1 Å². The highest BCUT2D eigenvalue weighted by molar-refractivity contribution is 5.99. The summed E-state index contributed by atoms with van der Waals surface area (Å²) in [6.45, 7) is 2.27. The summed E-state index contributed by atoms with van der Waals surface area (Å²) in [4.78, 5) is 35.3. The maximum atomic E-state index is 13.6. The van der Waals surface area contributed by atoms with Crippen LogP contribution in [0, 0.1) is 0 Å². The van der Waals surface area contributed by atoms with E-state index in [4.69, 9.17) is 19.6 Å². The summed E-state index contributed by atoms with van der Waals surface area (Å²) in [6, 6.07) is 2.49. The van der Waals surface area contributed by atoms with Gasteiger partial charge in [-0.2, -0.15) is 13.2 Å². The number of amides is 1. The van der Waals surface area contributed by atoms with E-state index in [0.29, 0.717) is 0 Å². The SMILES string of the molecule is CCOC(=O)C1CC(C)(O)CN1C(=O)c1nc(-c2ccc(OC)c3nc(C(F)(F)F)ccc23)oc1[C@@H](N)CO. The highest BCUT2D eigenvalue weighted by Gasteiger charge is 2.47. The number of likely N-dealkylation sites (tertiary alicyclic amines) is 1. The molecule has 1 aliphatic heterocycles. The number of hydrogen-bond donors (Lipinski definition) is 3. The van der Waals surface area contributed by atoms with Gasteiger partial charge in [-0.05, 0) is 38.1 Å². The van der Waals surface area contributed by atoms with Crippen molar-refractivity contribution in [2.45, 2.75) is 44.1 Å². The van der Waals surface area contributed by atoms with Gasteiger partial charge in [-0.25, -0.2) is 14.8 Å². The lowest BCUT2D eigenvalue weighted by Gasteiger charge is -2.22. The summed E-state index contributed by atoms with van der Waals surface area (Å²) in [5.74, 6) is -1.87. The molecule has 0 spiro atoms. The van der Waals surface area contributed by atoms with E-state index >= 15 is 0 Å². The van der Waals surface area contributed by atoms with Crippen molar-refractivity contribution in [3.8, 4) is 17.2 Å². The van der Waals surface area contributed by atoms with Crippen molar-refractivity contribution in [3.05, 3.63) is 41.4 Å². The number of β-amino-alcohol motifs (C(OH)–C–C–N with tert-alkyl or cyclic N) is 1. The van der Waals surface area contributed by atoms with E-state index in [2.05, 4.69) is 9.97 Å². The first-order chi connectivity index (χ1) is 18.3. The van der Waals surface area contributed by atoms with Crippen LogP contribution in [0.2, 0.25) is 0 Å². The van der Waals surface area contributed by atoms with Gasteiger partial charge in [0.25, 0.3) is 5.91 Å². The molecular formula is C25H27F3N4O7. The maximum Gasteiger partial charge on any atom is 0.433 e. The highest BCUT2D eigenvalue weighted by Crippen LogP contribution is 2.38. The van der Waals surface area contributed by atoms with Crippen molar-refractivity contribution in [2.24, 2.45) is 5.73 Å². The van der Waals surface area contributed by atoms with Crippen molar-refractivity contribution in [1.29, 1.82) is 0 Å². The Labute approximate surface area is 220 Å². The Kier molecular flexibility index (Phi) is 7.56. The number of carbonyl (C=O) groups excluding carboxylic acids is 2. The lowest BCUT2D eigenvalue weighted by Crippen LogP contribution is -2.42. The minimum Gasteiger partial charge on any atom is -0.494 e. The number of fused-ring (bicyclic) bond motifs is 1. The summed E-state index contributed by atoms with van der Waals surface area (Å²) in [6.07, 6.45) is -4.79. The van der Waals surface area contributed by atoms with Gasteiger partial charge in [0.1, 0.15) is 23.0 Å². The van der Waals surface area contributed by atoms with Crippen molar-refractivity contribution in [2.75, 3.05) is 26.9 Å². The molecule has 14 heteroatoms. The lowest BCUT2D eigenvalue weighted by molar-refractivity contribution is -0.147. The van der Waals surface area contributed by atoms with Crippen LogP contribution in [0.4, 0.5) is 13.2 Å². The number of nitrogens with two attached hydrogens (primary N) is 1. The van der Waals surface area contributed by atoms with Crippen LogP contribution in [0.25, 0.3) is 22.4 Å². The molecule has 1 saturated heterocycles. The Morgan fingerprint density at radius 2 is 2.00 bits per heavy atom. The Morgan fingerprint density at radius 1 is 1.28 bits per heavy atom. The quantitative estimate of drug-likeness (QED) is 0.371. The second-order valence-electron chi connectivity index (χ2n) is 9.33. The van der Waals surface area contributed by atoms with Crippen LogP contribution in [0.1, 0.15) is 48.3 Å². The molecule has 210 valence electrons. The number of benzene rings is 1. The molecule has 4 rings (SSSR count). The van der Waals surface area contributed by atoms with E-state index in [0.717, 1.165) is 11.0 Å². The van der Waals surface area contributed by atoms with Gasteiger partial charge in [-0.15, -0.1) is 0 Å². The monoisotopic (exact) mass is 552 g/mol. The van der Waals surface area contributed by atoms with Crippen LogP contribution in [0.3, 0.4) is 0 Å². The normalized spacial score (nSPS) is 20.3. The number of aliphatic hydroxyl groups excluding tert-OH is 1. The first-order valence-electron chi connectivity index (χ1n) is 11.9. The predicted molar refractivity (Wildman–Crippen MR) is 130 cm³/mol. The Hall–Kier alpha value is -3.75. The average molecular weight is 553 g/mol. The molecule has 3 atom stereocenters. The third-order valence-electron chi connectivity index (χ3n) is 6.29. The van der Waals surface area contributed by atoms with Gasteiger partial charge in [0.2, 0.25) is 5.89 Å². The highest BCUT2D eigenvalue weighted by atomic mass is 19.4. The number of pyridine rings is 1. The number of nitrogens with zero attached hydrogens (tertiary/aromatic N) is 3. The minimum atomic E-state index is -4.70. The van der Waals surface area contributed by atoms with Crippen LogP contribution >= 0.6 is 0 Å². The van der Waals surface area contributed by atoms with Crippen LogP contribution in [-0.2, 0) is 15.7 Å². The van der Waals surface area contributed by atoms with Gasteiger partial charge < -0.3 is 34.7 Å². The Balaban J connectivity index is 1.84. The number of ether oxygens (including phenoxy) is 2. The fourth-order valence-electron chi connectivity index (χ4n) is 4.50. The summed E-state index contributed by atoms with van der Waals surface area (Å²) >= 11 is 0. The topological polar surface area (TPSA) is 161 Å². The van der Waals surface area contributed by atoms with Crippen LogP contribution in [-0.4, -0.2) is 75.5 Å². The predicted octanol–water partition coefficient (Wildman–Crippen LogP) is 2.44. The molecule has 39 heavy (non-hydrogen) atoms. The minimum absolute atomic E-state index is 0.0584. The number of methoxy groups -OCH3 is 1. The summed E-state index contributed by atoms with van der Waals surface area (Å²) < 4.78 is 56.0. The maximum absolute atomic E-state index is 13.6. The van der Waals surface area contributed by atoms with Gasteiger partial charge >= 0.3 is 12.1 Å². The average Bonchev–Trinajstić information content (AvgIpc) is 3.47. The number of hydrogen-bond acceptors (Lipinski definition) is 10. The van der Waals surface area contributed by atoms with E-state index in [9.17, 15) is 33.0 Å². The van der Waals surface area contributed by atoms with Crippen molar-refractivity contribution >= 4 is 22.8 Å². The van der Waals surface area contributed by atoms with Gasteiger partial charge in [0, 0.05) is 17.4 Å². The van der Waals surface area contributed by atoms with E-state index < -0.39 is 48.0 Å². The second-order valence-corrected chi connectivity index (χ2v) is 9.33. The fraction of sp³-hybridized carbons (Fsp3) is 0.440. The molecular weight excluding hydrogens is 525 g/mol. The van der Waals surface area contributed by atoms with Gasteiger partial charge in [0.15, 0.2) is 11.5 Å². The van der Waals surface area contributed by atoms with Gasteiger partial charge in [-0.1, -0.05) is 0 Å². The van der Waals surface area contributed by atoms with E-state index in [1.807, 2.05) is 0 Å². The third-order valence-corrected chi connectivity index (χ3v) is 6.29. The third kappa shape index (κ3) is 5.40. The largest absolute Gasteiger partial charge is 0.494 e. The standard InChI is InChI=1S/C25H27F3N4O7/c1-4-38-23(35)15-9-24(2,36)11-32(15)22(34)19-20(14(29)10-33)39-21(31-19)13-5-7-16(37-3)18-12(13)6-8-17(30-18)25(26,27)28/h5-8,14-15,33,36H,4,9-11,29H2,1-3H3/t14-,15?,24?/m0/s1. The number of oxazole rings is 1. The molecule has 4 N–H and O–H groups in total. The molecule has 1 aliphatic rings. The summed E-state index contributed by atoms with van der Waals surface area (Å²) in [7, 11) is 1.28. The second kappa shape index (κ2) is 10.4. The molecule has 0 bridgehead atoms. The van der Waals surface area contributed by atoms with Crippen LogP contribution < -0.4 is 10.5 Å². The fourth-order valence-corrected chi connectivity index (χ4v) is 4.50. The van der Waals surface area contributed by atoms with E-state index in [1.54, 1.807) is 6.92 Å². The number of halogens is 3. The van der Waals surface area contributed by atoms with Gasteiger partial charge in [-0.3, -0.25) is 4.79 Å².